The third-order valence-corrected chi connectivity index (χ3v) is 10.6. The molecule has 8 rings (SSSR count). The summed E-state index contributed by atoms with van der Waals surface area (Å²) in [6.45, 7) is 9.64. The molecule has 0 aliphatic heterocycles. The van der Waals surface area contributed by atoms with Gasteiger partial charge >= 0.3 is 0 Å². The summed E-state index contributed by atoms with van der Waals surface area (Å²) < 4.78 is 0. The zero-order valence-corrected chi connectivity index (χ0v) is 26.4. The normalized spacial score (nSPS) is 14.6. The van der Waals surface area contributed by atoms with Crippen LogP contribution < -0.4 is 4.90 Å². The molecule has 0 saturated carbocycles. The summed E-state index contributed by atoms with van der Waals surface area (Å²) >= 11 is 0. The molecule has 0 saturated heterocycles. The molecule has 7 aromatic rings. The van der Waals surface area contributed by atoms with Gasteiger partial charge in [0, 0.05) is 17.1 Å². The van der Waals surface area contributed by atoms with Gasteiger partial charge in [0.05, 0.1) is 0 Å². The summed E-state index contributed by atoms with van der Waals surface area (Å²) in [5, 5.41) is 5.12. The lowest BCUT2D eigenvalue weighted by Gasteiger charge is -2.48. The molecule has 0 aromatic heterocycles. The molecule has 0 unspecified atom stereocenters. The molecule has 218 valence electrons. The maximum absolute atomic E-state index is 2.50. The van der Waals surface area contributed by atoms with Crippen molar-refractivity contribution < 1.29 is 0 Å². The fraction of sp³-hybridized carbons (Fsp3) is 0.136. The number of hydrogen-bond donors (Lipinski definition) is 0. The van der Waals surface area contributed by atoms with Gasteiger partial charge in [0.25, 0.3) is 0 Å². The molecule has 0 fully saturated rings. The van der Waals surface area contributed by atoms with Crippen molar-refractivity contribution in [1.82, 2.24) is 0 Å². The maximum Gasteiger partial charge on any atom is 0.0468 e. The van der Waals surface area contributed by atoms with Crippen LogP contribution in [-0.4, -0.2) is 0 Å². The van der Waals surface area contributed by atoms with Gasteiger partial charge in [-0.2, -0.15) is 0 Å². The van der Waals surface area contributed by atoms with E-state index in [1.54, 1.807) is 0 Å². The Bertz CT molecular complexity index is 2210. The van der Waals surface area contributed by atoms with Crippen LogP contribution in [0.25, 0.3) is 43.8 Å². The molecule has 0 radical (unpaired) electrons. The predicted molar refractivity (Wildman–Crippen MR) is 193 cm³/mol. The van der Waals surface area contributed by atoms with E-state index >= 15 is 0 Å². The average molecular weight is 580 g/mol. The second-order valence-electron chi connectivity index (χ2n) is 13.5. The first-order valence-corrected chi connectivity index (χ1v) is 15.9. The molecule has 0 N–H and O–H groups in total. The van der Waals surface area contributed by atoms with E-state index in [2.05, 4.69) is 184 Å². The van der Waals surface area contributed by atoms with Crippen LogP contribution in [-0.2, 0) is 10.8 Å². The number of hydrogen-bond acceptors (Lipinski definition) is 1. The lowest BCUT2D eigenvalue weighted by molar-refractivity contribution is 0.299. The Morgan fingerprint density at radius 2 is 0.956 bits per heavy atom. The molecule has 0 amide bonds. The second-order valence-corrected chi connectivity index (χ2v) is 13.5. The first-order valence-electron chi connectivity index (χ1n) is 15.9. The molecule has 1 heteroatoms. The molecule has 0 bridgehead atoms. The molecular formula is C44H37N. The van der Waals surface area contributed by atoms with Crippen LogP contribution >= 0.6 is 0 Å². The summed E-state index contributed by atoms with van der Waals surface area (Å²) in [6, 6.07) is 55.6. The molecule has 0 heterocycles. The summed E-state index contributed by atoms with van der Waals surface area (Å²) in [5.74, 6) is 0. The van der Waals surface area contributed by atoms with Crippen LogP contribution in [0.1, 0.15) is 38.8 Å². The minimum absolute atomic E-state index is 0.00606. The van der Waals surface area contributed by atoms with E-state index in [1.807, 2.05) is 0 Å². The minimum Gasteiger partial charge on any atom is -0.310 e. The number of rotatable bonds is 4. The zero-order chi connectivity index (χ0) is 30.8. The average Bonchev–Trinajstić information content (AvgIpc) is 3.08. The number of benzene rings is 7. The Labute approximate surface area is 266 Å². The Morgan fingerprint density at radius 3 is 1.76 bits per heavy atom. The minimum atomic E-state index is -0.0431. The van der Waals surface area contributed by atoms with Gasteiger partial charge in [-0.1, -0.05) is 131 Å². The van der Waals surface area contributed by atoms with Crippen LogP contribution in [0.15, 0.2) is 152 Å². The van der Waals surface area contributed by atoms with Crippen LogP contribution in [0.2, 0.25) is 0 Å². The molecule has 1 aliphatic carbocycles. The monoisotopic (exact) mass is 579 g/mol. The highest BCUT2D eigenvalue weighted by molar-refractivity contribution is 6.10. The van der Waals surface area contributed by atoms with Gasteiger partial charge in [-0.3, -0.25) is 0 Å². The molecule has 0 spiro atoms. The SMILES string of the molecule is CC1(C)c2ccccc2-c2cc3ccc4ccc(N(c5ccccc5)c5cccc(-c6ccccc6)c5)cc4c3cc2C1(C)C. The van der Waals surface area contributed by atoms with Crippen molar-refractivity contribution in [2.45, 2.75) is 38.5 Å². The highest BCUT2D eigenvalue weighted by Gasteiger charge is 2.45. The van der Waals surface area contributed by atoms with Gasteiger partial charge < -0.3 is 4.90 Å². The van der Waals surface area contributed by atoms with E-state index in [-0.39, 0.29) is 10.8 Å². The molecule has 45 heavy (non-hydrogen) atoms. The van der Waals surface area contributed by atoms with E-state index in [1.165, 1.54) is 54.9 Å². The van der Waals surface area contributed by atoms with Crippen molar-refractivity contribution in [2.24, 2.45) is 0 Å². The number of fused-ring (bicyclic) bond motifs is 6. The topological polar surface area (TPSA) is 3.24 Å². The number of anilines is 3. The van der Waals surface area contributed by atoms with Crippen LogP contribution in [0.5, 0.6) is 0 Å². The van der Waals surface area contributed by atoms with Crippen LogP contribution in [0.4, 0.5) is 17.1 Å². The zero-order valence-electron chi connectivity index (χ0n) is 26.4. The fourth-order valence-corrected chi connectivity index (χ4v) is 7.38. The first kappa shape index (κ1) is 27.4. The van der Waals surface area contributed by atoms with Gasteiger partial charge in [0.1, 0.15) is 0 Å². The van der Waals surface area contributed by atoms with E-state index in [9.17, 15) is 0 Å². The maximum atomic E-state index is 2.50. The molecular weight excluding hydrogens is 542 g/mol. The summed E-state index contributed by atoms with van der Waals surface area (Å²) in [6.07, 6.45) is 0. The molecule has 7 aromatic carbocycles. The number of para-hydroxylation sites is 1. The predicted octanol–water partition coefficient (Wildman–Crippen LogP) is 12.4. The number of nitrogens with zero attached hydrogens (tertiary/aromatic N) is 1. The van der Waals surface area contributed by atoms with Gasteiger partial charge in [0.2, 0.25) is 0 Å². The smallest absolute Gasteiger partial charge is 0.0468 e. The van der Waals surface area contributed by atoms with Crippen molar-refractivity contribution in [1.29, 1.82) is 0 Å². The Morgan fingerprint density at radius 1 is 0.378 bits per heavy atom. The summed E-state index contributed by atoms with van der Waals surface area (Å²) in [4.78, 5) is 2.38. The van der Waals surface area contributed by atoms with Gasteiger partial charge in [-0.05, 0) is 114 Å². The van der Waals surface area contributed by atoms with E-state index in [4.69, 9.17) is 0 Å². The third kappa shape index (κ3) is 4.30. The van der Waals surface area contributed by atoms with Gasteiger partial charge in [-0.25, -0.2) is 0 Å². The Balaban J connectivity index is 1.35. The molecule has 1 aliphatic rings. The van der Waals surface area contributed by atoms with E-state index in [0.29, 0.717) is 0 Å². The summed E-state index contributed by atoms with van der Waals surface area (Å²) in [7, 11) is 0. The van der Waals surface area contributed by atoms with Crippen molar-refractivity contribution in [3.05, 3.63) is 163 Å². The second kappa shape index (κ2) is 10.2. The Hall–Kier alpha value is -5.14. The molecule has 1 nitrogen and oxygen atoms in total. The summed E-state index contributed by atoms with van der Waals surface area (Å²) in [5.41, 5.74) is 11.4. The lowest BCUT2D eigenvalue weighted by Crippen LogP contribution is -2.43. The standard InChI is InChI=1S/C44H37N/c1-43(2)41-21-12-11-20-37(41)40-27-33-23-22-31-24-25-36(28-38(31)39(33)29-42(40)44(43,3)4)45(34-17-9-6-10-18-34)35-19-13-16-32(26-35)30-14-7-5-8-15-30/h5-29H,1-4H3. The van der Waals surface area contributed by atoms with Crippen molar-refractivity contribution in [3.8, 4) is 22.3 Å². The highest BCUT2D eigenvalue weighted by atomic mass is 15.1. The molecule has 0 atom stereocenters. The first-order chi connectivity index (χ1) is 21.8. The lowest BCUT2D eigenvalue weighted by atomic mass is 9.55. The van der Waals surface area contributed by atoms with E-state index in [0.717, 1.165) is 17.1 Å². The Kier molecular flexibility index (Phi) is 6.22. The van der Waals surface area contributed by atoms with Gasteiger partial charge in [0.15, 0.2) is 0 Å². The van der Waals surface area contributed by atoms with E-state index < -0.39 is 0 Å². The van der Waals surface area contributed by atoms with Crippen molar-refractivity contribution in [3.63, 3.8) is 0 Å². The van der Waals surface area contributed by atoms with Crippen LogP contribution in [0, 0.1) is 0 Å². The fourth-order valence-electron chi connectivity index (χ4n) is 7.38. The van der Waals surface area contributed by atoms with Crippen LogP contribution in [0.3, 0.4) is 0 Å². The van der Waals surface area contributed by atoms with Crippen molar-refractivity contribution >= 4 is 38.6 Å². The third-order valence-electron chi connectivity index (χ3n) is 10.6. The largest absolute Gasteiger partial charge is 0.310 e. The van der Waals surface area contributed by atoms with Crippen molar-refractivity contribution in [2.75, 3.05) is 4.90 Å². The van der Waals surface area contributed by atoms with Gasteiger partial charge in [-0.15, -0.1) is 0 Å². The quantitative estimate of drug-likeness (QED) is 0.187. The highest BCUT2D eigenvalue weighted by Crippen LogP contribution is 2.54.